The van der Waals surface area contributed by atoms with Gasteiger partial charge in [0.2, 0.25) is 0 Å². The van der Waals surface area contributed by atoms with Crippen molar-refractivity contribution < 1.29 is 9.90 Å². The van der Waals surface area contributed by atoms with Crippen molar-refractivity contribution in [3.05, 3.63) is 45.0 Å². The summed E-state index contributed by atoms with van der Waals surface area (Å²) in [6.45, 7) is 3.95. The average molecular weight is 365 g/mol. The minimum atomic E-state index is -0.882. The fourth-order valence-corrected chi connectivity index (χ4v) is 3.84. The van der Waals surface area contributed by atoms with Crippen molar-refractivity contribution in [1.29, 1.82) is 0 Å². The lowest BCUT2D eigenvalue weighted by molar-refractivity contribution is 0.0700. The van der Waals surface area contributed by atoms with Gasteiger partial charge >= 0.3 is 5.97 Å². The van der Waals surface area contributed by atoms with Crippen LogP contribution in [0.3, 0.4) is 0 Å². The summed E-state index contributed by atoms with van der Waals surface area (Å²) in [5.74, 6) is -0.882. The average Bonchev–Trinajstić information content (AvgIpc) is 2.97. The number of imidazole rings is 1. The first-order valence-corrected chi connectivity index (χ1v) is 8.13. The molecule has 0 aliphatic heterocycles. The lowest BCUT2D eigenvalue weighted by Crippen LogP contribution is -2.01. The summed E-state index contributed by atoms with van der Waals surface area (Å²) < 4.78 is 2.98. The molecule has 0 aliphatic rings. The molecular weight excluding hydrogens is 352 g/mol. The maximum Gasteiger partial charge on any atom is 0.347 e. The first kappa shape index (κ1) is 14.3. The third-order valence-electron chi connectivity index (χ3n) is 3.45. The number of carboxylic acid groups (broad SMARTS) is 1. The lowest BCUT2D eigenvalue weighted by Gasteiger charge is -2.02. The number of nitrogens with zero attached hydrogens (tertiary/aromatic N) is 2. The Morgan fingerprint density at radius 1 is 1.38 bits per heavy atom. The van der Waals surface area contributed by atoms with Gasteiger partial charge in [-0.15, -0.1) is 0 Å². The smallest absolute Gasteiger partial charge is 0.347 e. The minimum Gasteiger partial charge on any atom is -0.477 e. The Kier molecular flexibility index (Phi) is 3.59. The molecule has 0 amide bonds. The van der Waals surface area contributed by atoms with E-state index in [1.54, 1.807) is 0 Å². The number of hydrogen-bond donors (Lipinski definition) is 1. The summed E-state index contributed by atoms with van der Waals surface area (Å²) in [5.41, 5.74) is 3.73. The highest BCUT2D eigenvalue weighted by Gasteiger charge is 2.21. The summed E-state index contributed by atoms with van der Waals surface area (Å²) in [5, 5.41) is 9.29. The van der Waals surface area contributed by atoms with E-state index in [1.165, 1.54) is 11.3 Å². The number of aromatic carboxylic acids is 1. The molecular formula is C15H13BrN2O2S. The van der Waals surface area contributed by atoms with Crippen molar-refractivity contribution in [3.63, 3.8) is 0 Å². The first-order chi connectivity index (χ1) is 10.0. The van der Waals surface area contributed by atoms with Crippen LogP contribution in [0.2, 0.25) is 0 Å². The second kappa shape index (κ2) is 5.27. The van der Waals surface area contributed by atoms with Crippen LogP contribution in [0.4, 0.5) is 0 Å². The molecule has 4 nitrogen and oxygen atoms in total. The molecule has 0 unspecified atom stereocenters. The fraction of sp³-hybridized carbons (Fsp3) is 0.200. The van der Waals surface area contributed by atoms with Gasteiger partial charge in [-0.2, -0.15) is 0 Å². The molecule has 0 atom stereocenters. The van der Waals surface area contributed by atoms with E-state index in [0.29, 0.717) is 11.3 Å². The molecule has 0 saturated heterocycles. The van der Waals surface area contributed by atoms with Gasteiger partial charge in [0.1, 0.15) is 4.88 Å². The SMILES string of the molecule is CCc1c(C(=O)O)sc2nc(-c3ccc(Br)cc3)c(C)n12. The number of rotatable bonds is 3. The van der Waals surface area contributed by atoms with Crippen LogP contribution in [0.25, 0.3) is 16.2 Å². The van der Waals surface area contributed by atoms with E-state index in [4.69, 9.17) is 0 Å². The number of carbonyl (C=O) groups is 1. The number of aromatic nitrogens is 2. The van der Waals surface area contributed by atoms with Crippen LogP contribution >= 0.6 is 27.3 Å². The number of benzene rings is 1. The van der Waals surface area contributed by atoms with Crippen LogP contribution in [-0.2, 0) is 6.42 Å². The van der Waals surface area contributed by atoms with Gasteiger partial charge in [-0.25, -0.2) is 9.78 Å². The molecule has 21 heavy (non-hydrogen) atoms. The number of carboxylic acids is 1. The molecule has 3 aromatic rings. The van der Waals surface area contributed by atoms with Gasteiger partial charge in [-0.1, -0.05) is 46.3 Å². The van der Waals surface area contributed by atoms with E-state index < -0.39 is 5.97 Å². The Morgan fingerprint density at radius 3 is 2.62 bits per heavy atom. The Hall–Kier alpha value is -1.66. The third-order valence-corrected chi connectivity index (χ3v) is 5.05. The van der Waals surface area contributed by atoms with Crippen molar-refractivity contribution >= 4 is 38.2 Å². The first-order valence-electron chi connectivity index (χ1n) is 6.53. The number of thiazole rings is 1. The molecule has 0 radical (unpaired) electrons. The van der Waals surface area contributed by atoms with E-state index in [1.807, 2.05) is 42.5 Å². The Morgan fingerprint density at radius 2 is 2.05 bits per heavy atom. The van der Waals surface area contributed by atoms with E-state index in [-0.39, 0.29) is 0 Å². The predicted molar refractivity (Wildman–Crippen MR) is 87.3 cm³/mol. The molecule has 1 N–H and O–H groups in total. The second-order valence-electron chi connectivity index (χ2n) is 4.71. The van der Waals surface area contributed by atoms with Gasteiger partial charge in [0.15, 0.2) is 4.96 Å². The van der Waals surface area contributed by atoms with Gasteiger partial charge in [0.25, 0.3) is 0 Å². The maximum absolute atomic E-state index is 11.3. The molecule has 1 aromatic carbocycles. The Labute approximate surface area is 134 Å². The van der Waals surface area contributed by atoms with E-state index >= 15 is 0 Å². The lowest BCUT2D eigenvalue weighted by atomic mass is 10.1. The van der Waals surface area contributed by atoms with Crippen LogP contribution in [0.1, 0.15) is 28.0 Å². The molecule has 0 spiro atoms. The molecule has 108 valence electrons. The number of fused-ring (bicyclic) bond motifs is 1. The largest absolute Gasteiger partial charge is 0.477 e. The van der Waals surface area contributed by atoms with Crippen LogP contribution in [0, 0.1) is 6.92 Å². The van der Waals surface area contributed by atoms with Gasteiger partial charge in [-0.05, 0) is 25.5 Å². The highest BCUT2D eigenvalue weighted by atomic mass is 79.9. The Balaban J connectivity index is 2.24. The highest BCUT2D eigenvalue weighted by Crippen LogP contribution is 2.31. The minimum absolute atomic E-state index is 0.380. The predicted octanol–water partition coefficient (Wildman–Crippen LogP) is 4.39. The molecule has 6 heteroatoms. The Bertz CT molecular complexity index is 834. The molecule has 2 heterocycles. The second-order valence-corrected chi connectivity index (χ2v) is 6.60. The standard InChI is InChI=1S/C15H13BrN2O2S/c1-3-11-13(14(19)20)21-15-17-12(8(2)18(11)15)9-4-6-10(16)7-5-9/h4-7H,3H2,1-2H3,(H,19,20). The van der Waals surface area contributed by atoms with Crippen molar-refractivity contribution in [2.45, 2.75) is 20.3 Å². The maximum atomic E-state index is 11.3. The summed E-state index contributed by atoms with van der Waals surface area (Å²) in [7, 11) is 0. The van der Waals surface area contributed by atoms with Crippen molar-refractivity contribution in [2.24, 2.45) is 0 Å². The molecule has 0 fully saturated rings. The zero-order valence-corrected chi connectivity index (χ0v) is 14.0. The molecule has 0 bridgehead atoms. The van der Waals surface area contributed by atoms with Gasteiger partial charge in [-0.3, -0.25) is 4.40 Å². The fourth-order valence-electron chi connectivity index (χ4n) is 2.48. The zero-order valence-electron chi connectivity index (χ0n) is 11.6. The van der Waals surface area contributed by atoms with E-state index in [2.05, 4.69) is 20.9 Å². The molecule has 3 rings (SSSR count). The summed E-state index contributed by atoms with van der Waals surface area (Å²) >= 11 is 4.66. The van der Waals surface area contributed by atoms with Gasteiger partial charge < -0.3 is 5.11 Å². The monoisotopic (exact) mass is 364 g/mol. The third kappa shape index (κ3) is 2.28. The van der Waals surface area contributed by atoms with Gasteiger partial charge in [0, 0.05) is 21.4 Å². The highest BCUT2D eigenvalue weighted by molar-refractivity contribution is 9.10. The summed E-state index contributed by atoms with van der Waals surface area (Å²) in [6.07, 6.45) is 0.665. The topological polar surface area (TPSA) is 54.6 Å². The van der Waals surface area contributed by atoms with E-state index in [0.717, 1.165) is 32.1 Å². The quantitative estimate of drug-likeness (QED) is 0.749. The number of aryl methyl sites for hydroxylation is 2. The van der Waals surface area contributed by atoms with E-state index in [9.17, 15) is 9.90 Å². The van der Waals surface area contributed by atoms with Crippen LogP contribution < -0.4 is 0 Å². The molecule has 0 saturated carbocycles. The normalized spacial score (nSPS) is 11.2. The molecule has 2 aromatic heterocycles. The summed E-state index contributed by atoms with van der Waals surface area (Å²) in [4.78, 5) is 17.1. The number of hydrogen-bond acceptors (Lipinski definition) is 3. The van der Waals surface area contributed by atoms with Crippen molar-refractivity contribution in [1.82, 2.24) is 9.38 Å². The van der Waals surface area contributed by atoms with Gasteiger partial charge in [0.05, 0.1) is 5.69 Å². The van der Waals surface area contributed by atoms with Crippen molar-refractivity contribution in [3.8, 4) is 11.3 Å². The zero-order chi connectivity index (χ0) is 15.1. The number of halogens is 1. The van der Waals surface area contributed by atoms with Crippen molar-refractivity contribution in [2.75, 3.05) is 0 Å². The summed E-state index contributed by atoms with van der Waals surface area (Å²) in [6, 6.07) is 7.97. The van der Waals surface area contributed by atoms with Crippen LogP contribution in [-0.4, -0.2) is 20.5 Å². The molecule has 0 aliphatic carbocycles. The van der Waals surface area contributed by atoms with Crippen LogP contribution in [0.15, 0.2) is 28.7 Å². The van der Waals surface area contributed by atoms with Crippen LogP contribution in [0.5, 0.6) is 0 Å².